The topological polar surface area (TPSA) is 71.9 Å². The molecule has 0 bridgehead atoms. The van der Waals surface area contributed by atoms with Crippen molar-refractivity contribution in [2.75, 3.05) is 13.2 Å². The summed E-state index contributed by atoms with van der Waals surface area (Å²) < 4.78 is 8.32. The Morgan fingerprint density at radius 2 is 2.28 bits per heavy atom. The van der Waals surface area contributed by atoms with E-state index < -0.39 is 0 Å². The van der Waals surface area contributed by atoms with Crippen molar-refractivity contribution in [2.24, 2.45) is 0 Å². The fraction of sp³-hybridized carbons (Fsp3) is 0.500. The number of H-pyrrole nitrogens is 1. The van der Waals surface area contributed by atoms with Crippen LogP contribution in [0.1, 0.15) is 49.2 Å². The van der Waals surface area contributed by atoms with Gasteiger partial charge in [0, 0.05) is 19.0 Å². The third-order valence-corrected chi connectivity index (χ3v) is 4.74. The first-order valence-corrected chi connectivity index (χ1v) is 9.08. The number of hydrogen-bond donors (Lipinski definition) is 2. The quantitative estimate of drug-likeness (QED) is 0.777. The Bertz CT molecular complexity index is 796. The first kappa shape index (κ1) is 17.8. The lowest BCUT2D eigenvalue weighted by molar-refractivity contribution is -0.124. The smallest absolute Gasteiger partial charge is 0.223 e. The number of ether oxygens (including phenoxy) is 1. The van der Waals surface area contributed by atoms with Crippen LogP contribution in [0.5, 0.6) is 0 Å². The van der Waals surface area contributed by atoms with Crippen molar-refractivity contribution in [1.29, 1.82) is 0 Å². The summed E-state index contributed by atoms with van der Waals surface area (Å²) >= 11 is 5.26. The number of nitrogens with one attached hydrogen (secondary N) is 2. The van der Waals surface area contributed by atoms with E-state index in [1.165, 1.54) is 5.56 Å². The molecule has 1 amide bonds. The molecular weight excluding hydrogens is 336 g/mol. The van der Waals surface area contributed by atoms with Crippen molar-refractivity contribution < 1.29 is 9.53 Å². The summed E-state index contributed by atoms with van der Waals surface area (Å²) in [7, 11) is 0. The molecule has 2 N–H and O–H groups in total. The maximum absolute atomic E-state index is 12.3. The lowest BCUT2D eigenvalue weighted by Crippen LogP contribution is -2.30. The van der Waals surface area contributed by atoms with Crippen molar-refractivity contribution >= 4 is 18.1 Å². The molecule has 0 radical (unpaired) electrons. The van der Waals surface area contributed by atoms with E-state index >= 15 is 0 Å². The Kier molecular flexibility index (Phi) is 5.65. The van der Waals surface area contributed by atoms with E-state index in [4.69, 9.17) is 17.0 Å². The van der Waals surface area contributed by atoms with Gasteiger partial charge >= 0.3 is 0 Å². The second kappa shape index (κ2) is 7.93. The lowest BCUT2D eigenvalue weighted by atomic mass is 9.96. The van der Waals surface area contributed by atoms with E-state index in [9.17, 15) is 4.79 Å². The molecule has 0 spiro atoms. The first-order chi connectivity index (χ1) is 12.1. The predicted octanol–water partition coefficient (Wildman–Crippen LogP) is 2.88. The number of amides is 1. The molecule has 3 rings (SSSR count). The zero-order valence-electron chi connectivity index (χ0n) is 14.6. The second-order valence-corrected chi connectivity index (χ2v) is 6.94. The number of rotatable bonds is 6. The molecule has 0 aliphatic carbocycles. The summed E-state index contributed by atoms with van der Waals surface area (Å²) in [4.78, 5) is 12.3. The Balaban J connectivity index is 1.55. The van der Waals surface area contributed by atoms with Crippen LogP contribution in [0.4, 0.5) is 0 Å². The fourth-order valence-electron chi connectivity index (χ4n) is 3.18. The van der Waals surface area contributed by atoms with Gasteiger partial charge in [0.05, 0.1) is 19.1 Å². The number of fused-ring (bicyclic) bond motifs is 1. The monoisotopic (exact) mass is 360 g/mol. The highest BCUT2D eigenvalue weighted by atomic mass is 32.1. The van der Waals surface area contributed by atoms with E-state index in [1.54, 1.807) is 0 Å². The molecule has 0 fully saturated rings. The maximum atomic E-state index is 12.3. The summed E-state index contributed by atoms with van der Waals surface area (Å²) in [6.45, 7) is 5.92. The van der Waals surface area contributed by atoms with E-state index in [-0.39, 0.29) is 17.9 Å². The summed E-state index contributed by atoms with van der Waals surface area (Å²) in [6, 6.07) is 8.18. The molecule has 0 saturated heterocycles. The van der Waals surface area contributed by atoms with Gasteiger partial charge < -0.3 is 14.6 Å². The van der Waals surface area contributed by atoms with Crippen LogP contribution in [0.3, 0.4) is 0 Å². The molecule has 25 heavy (non-hydrogen) atoms. The van der Waals surface area contributed by atoms with E-state index in [2.05, 4.69) is 35.4 Å². The molecule has 1 aliphatic heterocycles. The minimum Gasteiger partial charge on any atom is -0.373 e. The largest absolute Gasteiger partial charge is 0.373 e. The van der Waals surface area contributed by atoms with Crippen molar-refractivity contribution in [3.8, 4) is 0 Å². The molecule has 2 heterocycles. The Labute approximate surface area is 152 Å². The molecule has 1 aliphatic rings. The highest BCUT2D eigenvalue weighted by Crippen LogP contribution is 2.29. The van der Waals surface area contributed by atoms with E-state index in [1.807, 2.05) is 22.8 Å². The van der Waals surface area contributed by atoms with Crippen LogP contribution in [0, 0.1) is 4.77 Å². The van der Waals surface area contributed by atoms with Crippen LogP contribution in [0.15, 0.2) is 24.3 Å². The van der Waals surface area contributed by atoms with Crippen LogP contribution < -0.4 is 5.32 Å². The third-order valence-electron chi connectivity index (χ3n) is 4.42. The number of nitrogens with zero attached hydrogens (tertiary/aromatic N) is 2. The SMILES string of the molecule is CC(C)c1n[nH]c(=S)n1CCNC(=O)C[C@@H]1OCCc2ccccc21. The second-order valence-electron chi connectivity index (χ2n) is 6.56. The highest BCUT2D eigenvalue weighted by molar-refractivity contribution is 7.71. The van der Waals surface area contributed by atoms with Crippen LogP contribution in [0.2, 0.25) is 0 Å². The average molecular weight is 360 g/mol. The molecule has 134 valence electrons. The van der Waals surface area contributed by atoms with E-state index in [0.717, 1.165) is 17.8 Å². The molecule has 2 aromatic rings. The van der Waals surface area contributed by atoms with Crippen molar-refractivity contribution in [3.63, 3.8) is 0 Å². The van der Waals surface area contributed by atoms with Gasteiger partial charge in [-0.3, -0.25) is 9.89 Å². The van der Waals surface area contributed by atoms with Gasteiger partial charge in [-0.05, 0) is 29.8 Å². The normalized spacial score (nSPS) is 16.7. The first-order valence-electron chi connectivity index (χ1n) is 8.67. The maximum Gasteiger partial charge on any atom is 0.223 e. The minimum absolute atomic E-state index is 0.0113. The van der Waals surface area contributed by atoms with Gasteiger partial charge in [-0.1, -0.05) is 38.1 Å². The average Bonchev–Trinajstić information content (AvgIpc) is 2.96. The van der Waals surface area contributed by atoms with Crippen LogP contribution in [0.25, 0.3) is 0 Å². The Morgan fingerprint density at radius 1 is 1.48 bits per heavy atom. The predicted molar refractivity (Wildman–Crippen MR) is 98.0 cm³/mol. The highest BCUT2D eigenvalue weighted by Gasteiger charge is 2.22. The molecule has 0 saturated carbocycles. The summed E-state index contributed by atoms with van der Waals surface area (Å²) in [5.41, 5.74) is 2.40. The van der Waals surface area contributed by atoms with Gasteiger partial charge in [0.2, 0.25) is 5.91 Å². The molecule has 7 heteroatoms. The number of aromatic nitrogens is 3. The molecule has 1 aromatic carbocycles. The molecule has 1 aromatic heterocycles. The molecule has 1 atom stereocenters. The minimum atomic E-state index is -0.160. The zero-order valence-corrected chi connectivity index (χ0v) is 15.4. The third kappa shape index (κ3) is 4.16. The Morgan fingerprint density at radius 3 is 3.08 bits per heavy atom. The molecule has 6 nitrogen and oxygen atoms in total. The van der Waals surface area contributed by atoms with Gasteiger partial charge in [0.25, 0.3) is 0 Å². The van der Waals surface area contributed by atoms with Gasteiger partial charge in [0.1, 0.15) is 5.82 Å². The number of aromatic amines is 1. The summed E-state index contributed by atoms with van der Waals surface area (Å²) in [6.07, 6.45) is 1.09. The van der Waals surface area contributed by atoms with Gasteiger partial charge in [-0.15, -0.1) is 0 Å². The number of benzene rings is 1. The van der Waals surface area contributed by atoms with Crippen LogP contribution in [-0.2, 0) is 22.5 Å². The fourth-order valence-corrected chi connectivity index (χ4v) is 3.41. The number of carbonyl (C=O) groups is 1. The number of hydrogen-bond acceptors (Lipinski definition) is 4. The van der Waals surface area contributed by atoms with Crippen molar-refractivity contribution in [2.45, 2.75) is 45.3 Å². The van der Waals surface area contributed by atoms with Crippen LogP contribution in [-0.4, -0.2) is 33.8 Å². The Hall–Kier alpha value is -1.99. The van der Waals surface area contributed by atoms with E-state index in [0.29, 0.717) is 30.9 Å². The zero-order chi connectivity index (χ0) is 17.8. The summed E-state index contributed by atoms with van der Waals surface area (Å²) in [5, 5.41) is 10.0. The standard InChI is InChI=1S/C18H24N4O2S/c1-12(2)17-20-21-18(25)22(17)9-8-19-16(23)11-15-14-6-4-3-5-13(14)7-10-24-15/h3-6,12,15H,7-11H2,1-2H3,(H,19,23)(H,21,25)/t15-/m0/s1. The number of carbonyl (C=O) groups excluding carboxylic acids is 1. The van der Waals surface area contributed by atoms with Gasteiger partial charge in [-0.25, -0.2) is 0 Å². The lowest BCUT2D eigenvalue weighted by Gasteiger charge is -2.25. The van der Waals surface area contributed by atoms with Crippen LogP contribution >= 0.6 is 12.2 Å². The van der Waals surface area contributed by atoms with Crippen molar-refractivity contribution in [3.05, 3.63) is 46.0 Å². The van der Waals surface area contributed by atoms with Gasteiger partial charge in [-0.2, -0.15) is 5.10 Å². The molecule has 0 unspecified atom stereocenters. The summed E-state index contributed by atoms with van der Waals surface area (Å²) in [5.74, 6) is 1.17. The van der Waals surface area contributed by atoms with Gasteiger partial charge in [0.15, 0.2) is 4.77 Å². The van der Waals surface area contributed by atoms with Crippen molar-refractivity contribution in [1.82, 2.24) is 20.1 Å². The molecular formula is C18H24N4O2S.